The fraction of sp³-hybridized carbons (Fsp3) is 0.933. The average Bonchev–Trinajstić information content (AvgIpc) is 2.77. The van der Waals surface area contributed by atoms with Gasteiger partial charge in [-0.2, -0.15) is 0 Å². The van der Waals surface area contributed by atoms with Crippen molar-refractivity contribution in [1.82, 2.24) is 5.32 Å². The summed E-state index contributed by atoms with van der Waals surface area (Å²) < 4.78 is 0. The van der Waals surface area contributed by atoms with Crippen molar-refractivity contribution in [1.29, 1.82) is 0 Å². The lowest BCUT2D eigenvalue weighted by Gasteiger charge is -2.28. The van der Waals surface area contributed by atoms with Crippen LogP contribution in [0.5, 0.6) is 0 Å². The number of nitrogens with one attached hydrogen (secondary N) is 1. The summed E-state index contributed by atoms with van der Waals surface area (Å²) in [4.78, 5) is 12.1. The van der Waals surface area contributed by atoms with E-state index in [2.05, 4.69) is 33.0 Å². The van der Waals surface area contributed by atoms with Crippen molar-refractivity contribution in [2.75, 3.05) is 6.54 Å². The van der Waals surface area contributed by atoms with Crippen LogP contribution < -0.4 is 11.1 Å². The first-order valence-corrected chi connectivity index (χ1v) is 7.34. The minimum absolute atomic E-state index is 0.166. The fourth-order valence-corrected chi connectivity index (χ4v) is 2.58. The molecule has 2 atom stereocenters. The Morgan fingerprint density at radius 1 is 1.33 bits per heavy atom. The first-order valence-electron chi connectivity index (χ1n) is 7.34. The summed E-state index contributed by atoms with van der Waals surface area (Å²) >= 11 is 0. The number of carbonyl (C=O) groups excluding carboxylic acids is 1. The maximum Gasteiger partial charge on any atom is 0.220 e. The summed E-state index contributed by atoms with van der Waals surface area (Å²) in [5.74, 6) is 1.16. The van der Waals surface area contributed by atoms with Gasteiger partial charge in [-0.3, -0.25) is 4.79 Å². The van der Waals surface area contributed by atoms with Crippen LogP contribution in [0.1, 0.15) is 59.8 Å². The minimum Gasteiger partial charge on any atom is -0.352 e. The lowest BCUT2D eigenvalue weighted by molar-refractivity contribution is -0.123. The summed E-state index contributed by atoms with van der Waals surface area (Å²) in [7, 11) is 0. The molecule has 1 saturated carbocycles. The third-order valence-electron chi connectivity index (χ3n) is 4.54. The highest BCUT2D eigenvalue weighted by molar-refractivity contribution is 5.76. The highest BCUT2D eigenvalue weighted by Gasteiger charge is 2.27. The number of amides is 1. The Bertz CT molecular complexity index is 264. The number of hydrogen-bond acceptors (Lipinski definition) is 2. The molecule has 1 aliphatic rings. The van der Waals surface area contributed by atoms with E-state index >= 15 is 0 Å². The number of carbonyl (C=O) groups is 1. The van der Waals surface area contributed by atoms with Crippen LogP contribution in [0.4, 0.5) is 0 Å². The quantitative estimate of drug-likeness (QED) is 0.792. The Kier molecular flexibility index (Phi) is 5.64. The van der Waals surface area contributed by atoms with E-state index in [0.29, 0.717) is 24.8 Å². The van der Waals surface area contributed by atoms with Gasteiger partial charge in [0.1, 0.15) is 0 Å². The number of rotatable bonds is 5. The molecule has 3 nitrogen and oxygen atoms in total. The molecule has 0 radical (unpaired) electrons. The van der Waals surface area contributed by atoms with Gasteiger partial charge in [-0.1, -0.05) is 40.5 Å². The van der Waals surface area contributed by atoms with Gasteiger partial charge in [-0.15, -0.1) is 0 Å². The predicted molar refractivity (Wildman–Crippen MR) is 76.2 cm³/mol. The van der Waals surface area contributed by atoms with E-state index in [1.165, 1.54) is 25.7 Å². The zero-order valence-electron chi connectivity index (χ0n) is 12.5. The summed E-state index contributed by atoms with van der Waals surface area (Å²) in [5, 5.41) is 3.15. The molecule has 0 aromatic heterocycles. The van der Waals surface area contributed by atoms with Crippen molar-refractivity contribution in [3.63, 3.8) is 0 Å². The van der Waals surface area contributed by atoms with Crippen molar-refractivity contribution in [3.8, 4) is 0 Å². The maximum absolute atomic E-state index is 12.1. The van der Waals surface area contributed by atoms with Gasteiger partial charge in [-0.25, -0.2) is 0 Å². The standard InChI is InChI=1S/C15H30N2O/c1-11(15(2,3)4)9-14(18)17-13(10-16)12-7-5-6-8-12/h11-13H,5-10,16H2,1-4H3,(H,17,18). The molecule has 0 aliphatic heterocycles. The monoisotopic (exact) mass is 254 g/mol. The highest BCUT2D eigenvalue weighted by Crippen LogP contribution is 2.29. The van der Waals surface area contributed by atoms with Crippen molar-refractivity contribution in [3.05, 3.63) is 0 Å². The van der Waals surface area contributed by atoms with E-state index in [1.807, 2.05) is 0 Å². The van der Waals surface area contributed by atoms with Crippen LogP contribution in [0, 0.1) is 17.3 Å². The van der Waals surface area contributed by atoms with E-state index in [1.54, 1.807) is 0 Å². The van der Waals surface area contributed by atoms with Crippen molar-refractivity contribution in [2.45, 2.75) is 65.8 Å². The van der Waals surface area contributed by atoms with Crippen LogP contribution in [-0.2, 0) is 4.79 Å². The van der Waals surface area contributed by atoms with E-state index in [-0.39, 0.29) is 17.4 Å². The van der Waals surface area contributed by atoms with Gasteiger partial charge in [0.2, 0.25) is 5.91 Å². The second kappa shape index (κ2) is 6.55. The Labute approximate surface area is 112 Å². The molecule has 106 valence electrons. The van der Waals surface area contributed by atoms with Gasteiger partial charge in [0.15, 0.2) is 0 Å². The van der Waals surface area contributed by atoms with Crippen LogP contribution >= 0.6 is 0 Å². The molecule has 3 heteroatoms. The molecule has 2 unspecified atom stereocenters. The summed E-state index contributed by atoms with van der Waals surface area (Å²) in [6.45, 7) is 9.26. The molecule has 0 bridgehead atoms. The molecule has 0 heterocycles. The normalized spacial score (nSPS) is 20.7. The lowest BCUT2D eigenvalue weighted by Crippen LogP contribution is -2.45. The Hall–Kier alpha value is -0.570. The van der Waals surface area contributed by atoms with Crippen LogP contribution in [0.15, 0.2) is 0 Å². The largest absolute Gasteiger partial charge is 0.352 e. The first-order chi connectivity index (χ1) is 8.34. The molecule has 1 rings (SSSR count). The molecule has 0 spiro atoms. The number of nitrogens with two attached hydrogens (primary N) is 1. The highest BCUT2D eigenvalue weighted by atomic mass is 16.1. The Morgan fingerprint density at radius 3 is 2.33 bits per heavy atom. The second-order valence-electron chi connectivity index (χ2n) is 6.93. The topological polar surface area (TPSA) is 55.1 Å². The second-order valence-corrected chi connectivity index (χ2v) is 6.93. The molecule has 1 aliphatic carbocycles. The van der Waals surface area contributed by atoms with E-state index in [0.717, 1.165) is 0 Å². The van der Waals surface area contributed by atoms with Crippen LogP contribution in [0.25, 0.3) is 0 Å². The molecular formula is C15H30N2O. The van der Waals surface area contributed by atoms with Crippen LogP contribution in [0.3, 0.4) is 0 Å². The summed E-state index contributed by atoms with van der Waals surface area (Å²) in [5.41, 5.74) is 5.99. The van der Waals surface area contributed by atoms with Crippen molar-refractivity contribution in [2.24, 2.45) is 23.0 Å². The fourth-order valence-electron chi connectivity index (χ4n) is 2.58. The van der Waals surface area contributed by atoms with Crippen LogP contribution in [0.2, 0.25) is 0 Å². The Morgan fingerprint density at radius 2 is 1.89 bits per heavy atom. The van der Waals surface area contributed by atoms with Gasteiger partial charge in [0.05, 0.1) is 0 Å². The molecule has 0 aromatic carbocycles. The van der Waals surface area contributed by atoms with Gasteiger partial charge < -0.3 is 11.1 Å². The molecule has 18 heavy (non-hydrogen) atoms. The molecule has 1 amide bonds. The van der Waals surface area contributed by atoms with Gasteiger partial charge in [0, 0.05) is 19.0 Å². The zero-order valence-corrected chi connectivity index (χ0v) is 12.5. The average molecular weight is 254 g/mol. The van der Waals surface area contributed by atoms with E-state index in [9.17, 15) is 4.79 Å². The number of hydrogen-bond donors (Lipinski definition) is 2. The smallest absolute Gasteiger partial charge is 0.220 e. The molecular weight excluding hydrogens is 224 g/mol. The van der Waals surface area contributed by atoms with Gasteiger partial charge in [-0.05, 0) is 30.1 Å². The summed E-state index contributed by atoms with van der Waals surface area (Å²) in [6.07, 6.45) is 5.62. The SMILES string of the molecule is CC(CC(=O)NC(CN)C1CCCC1)C(C)(C)C. The van der Waals surface area contributed by atoms with Crippen molar-refractivity contribution >= 4 is 5.91 Å². The summed E-state index contributed by atoms with van der Waals surface area (Å²) in [6, 6.07) is 0.187. The molecule has 1 fully saturated rings. The van der Waals surface area contributed by atoms with E-state index < -0.39 is 0 Å². The predicted octanol–water partition coefficient (Wildman–Crippen LogP) is 2.69. The van der Waals surface area contributed by atoms with E-state index in [4.69, 9.17) is 5.73 Å². The lowest BCUT2D eigenvalue weighted by atomic mass is 9.80. The van der Waals surface area contributed by atoms with Gasteiger partial charge >= 0.3 is 0 Å². The Balaban J connectivity index is 2.42. The third-order valence-corrected chi connectivity index (χ3v) is 4.54. The molecule has 0 aromatic rings. The maximum atomic E-state index is 12.1. The minimum atomic E-state index is 0.166. The first kappa shape index (κ1) is 15.5. The third kappa shape index (κ3) is 4.60. The zero-order chi connectivity index (χ0) is 13.8. The van der Waals surface area contributed by atoms with Gasteiger partial charge in [0.25, 0.3) is 0 Å². The van der Waals surface area contributed by atoms with Crippen molar-refractivity contribution < 1.29 is 4.79 Å². The molecule has 3 N–H and O–H groups in total. The molecule has 0 saturated heterocycles. The van der Waals surface area contributed by atoms with Crippen LogP contribution in [-0.4, -0.2) is 18.5 Å².